The molecule has 0 heterocycles. The largest absolute Gasteiger partial charge is 0.495 e. The molecule has 17 heavy (non-hydrogen) atoms. The molecule has 1 aromatic carbocycles. The fourth-order valence-corrected chi connectivity index (χ4v) is 1.23. The molecule has 1 rings (SSSR count). The van der Waals surface area contributed by atoms with E-state index in [2.05, 4.69) is 5.32 Å². The van der Waals surface area contributed by atoms with Gasteiger partial charge in [-0.2, -0.15) is 0 Å². The number of hydrogen-bond donors (Lipinski definition) is 1. The Balaban J connectivity index is 3.03. The van der Waals surface area contributed by atoms with Crippen LogP contribution in [-0.2, 0) is 4.79 Å². The first-order chi connectivity index (χ1) is 7.88. The van der Waals surface area contributed by atoms with Gasteiger partial charge in [0.1, 0.15) is 12.0 Å². The predicted octanol–water partition coefficient (Wildman–Crippen LogP) is 2.82. The zero-order chi connectivity index (χ0) is 13.1. The van der Waals surface area contributed by atoms with Crippen LogP contribution in [0.25, 0.3) is 0 Å². The summed E-state index contributed by atoms with van der Waals surface area (Å²) in [4.78, 5) is 22.1. The minimum Gasteiger partial charge on any atom is -0.495 e. The summed E-state index contributed by atoms with van der Waals surface area (Å²) in [5.74, 6) is -0.470. The van der Waals surface area contributed by atoms with Gasteiger partial charge in [0.25, 0.3) is 9.70 Å². The number of anilines is 1. The highest BCUT2D eigenvalue weighted by molar-refractivity contribution is 6.76. The van der Waals surface area contributed by atoms with Crippen LogP contribution >= 0.6 is 34.8 Å². The number of carbonyl (C=O) groups is 2. The second-order valence-electron chi connectivity index (χ2n) is 3.03. The quantitative estimate of drug-likeness (QED) is 0.689. The Hall–Kier alpha value is -0.970. The van der Waals surface area contributed by atoms with Crippen LogP contribution in [0.1, 0.15) is 10.4 Å². The average Bonchev–Trinajstić information content (AvgIpc) is 2.27. The topological polar surface area (TPSA) is 55.4 Å². The number of benzene rings is 1. The minimum atomic E-state index is -2.08. The molecule has 0 fully saturated rings. The average molecular weight is 297 g/mol. The number of nitrogens with one attached hydrogen (secondary N) is 1. The fourth-order valence-electron chi connectivity index (χ4n) is 1.09. The van der Waals surface area contributed by atoms with E-state index in [1.165, 1.54) is 25.3 Å². The van der Waals surface area contributed by atoms with E-state index in [1.807, 2.05) is 0 Å². The van der Waals surface area contributed by atoms with Gasteiger partial charge in [0.05, 0.1) is 12.8 Å². The molecule has 0 unspecified atom stereocenters. The highest BCUT2D eigenvalue weighted by Crippen LogP contribution is 2.31. The van der Waals surface area contributed by atoms with E-state index in [0.29, 0.717) is 17.6 Å². The van der Waals surface area contributed by atoms with Crippen molar-refractivity contribution in [2.24, 2.45) is 0 Å². The Morgan fingerprint density at radius 1 is 1.41 bits per heavy atom. The zero-order valence-corrected chi connectivity index (χ0v) is 10.9. The van der Waals surface area contributed by atoms with Crippen LogP contribution in [0.4, 0.5) is 5.69 Å². The molecule has 0 aliphatic carbocycles. The molecule has 0 atom stereocenters. The molecule has 0 saturated carbocycles. The molecule has 0 aromatic heterocycles. The van der Waals surface area contributed by atoms with Crippen molar-refractivity contribution in [1.82, 2.24) is 0 Å². The van der Waals surface area contributed by atoms with Crippen molar-refractivity contribution in [3.05, 3.63) is 23.8 Å². The molecular weight excluding hydrogens is 288 g/mol. The van der Waals surface area contributed by atoms with Crippen LogP contribution in [0.15, 0.2) is 18.2 Å². The second kappa shape index (κ2) is 5.58. The number of rotatable bonds is 3. The normalized spacial score (nSPS) is 10.8. The van der Waals surface area contributed by atoms with Crippen LogP contribution in [0.3, 0.4) is 0 Å². The highest BCUT2D eigenvalue weighted by Gasteiger charge is 2.31. The van der Waals surface area contributed by atoms with Gasteiger partial charge < -0.3 is 10.1 Å². The Morgan fingerprint density at radius 3 is 2.53 bits per heavy atom. The van der Waals surface area contributed by atoms with Gasteiger partial charge in [0.15, 0.2) is 0 Å². The van der Waals surface area contributed by atoms with Crippen molar-refractivity contribution in [3.63, 3.8) is 0 Å². The van der Waals surface area contributed by atoms with Gasteiger partial charge in [-0.25, -0.2) is 0 Å². The van der Waals surface area contributed by atoms with Crippen molar-refractivity contribution in [1.29, 1.82) is 0 Å². The molecule has 92 valence electrons. The van der Waals surface area contributed by atoms with Crippen molar-refractivity contribution >= 4 is 52.7 Å². The summed E-state index contributed by atoms with van der Waals surface area (Å²) in [7, 11) is 1.42. The third-order valence-corrected chi connectivity index (χ3v) is 2.38. The van der Waals surface area contributed by atoms with Gasteiger partial charge in [-0.3, -0.25) is 9.59 Å². The van der Waals surface area contributed by atoms with E-state index >= 15 is 0 Å². The molecular formula is C10H8Cl3NO3. The number of alkyl halides is 3. The highest BCUT2D eigenvalue weighted by atomic mass is 35.6. The van der Waals surface area contributed by atoms with Crippen molar-refractivity contribution in [2.45, 2.75) is 3.79 Å². The van der Waals surface area contributed by atoms with Crippen LogP contribution < -0.4 is 10.1 Å². The van der Waals surface area contributed by atoms with E-state index in [1.54, 1.807) is 0 Å². The lowest BCUT2D eigenvalue weighted by molar-refractivity contribution is -0.115. The molecule has 0 aliphatic heterocycles. The first kappa shape index (κ1) is 14.1. The Labute approximate surface area is 113 Å². The first-order valence-electron chi connectivity index (χ1n) is 4.40. The number of methoxy groups -OCH3 is 1. The molecule has 1 aromatic rings. The molecule has 0 aliphatic rings. The summed E-state index contributed by atoms with van der Waals surface area (Å²) in [6.45, 7) is 0. The van der Waals surface area contributed by atoms with Crippen molar-refractivity contribution in [2.75, 3.05) is 12.4 Å². The zero-order valence-electron chi connectivity index (χ0n) is 8.67. The Morgan fingerprint density at radius 2 is 2.06 bits per heavy atom. The van der Waals surface area contributed by atoms with E-state index in [-0.39, 0.29) is 5.69 Å². The van der Waals surface area contributed by atoms with Gasteiger partial charge in [0, 0.05) is 5.56 Å². The molecule has 0 radical (unpaired) electrons. The Bertz CT molecular complexity index is 443. The van der Waals surface area contributed by atoms with E-state index in [0.717, 1.165) is 0 Å². The number of amides is 1. The van der Waals surface area contributed by atoms with Gasteiger partial charge in [-0.15, -0.1) is 0 Å². The van der Waals surface area contributed by atoms with Crippen LogP contribution in [0, 0.1) is 0 Å². The molecule has 0 bridgehead atoms. The van der Waals surface area contributed by atoms with E-state index < -0.39 is 9.70 Å². The number of hydrogen-bond acceptors (Lipinski definition) is 3. The maximum Gasteiger partial charge on any atom is 0.276 e. The van der Waals surface area contributed by atoms with Gasteiger partial charge >= 0.3 is 0 Å². The lowest BCUT2D eigenvalue weighted by atomic mass is 10.2. The summed E-state index contributed by atoms with van der Waals surface area (Å²) in [5.41, 5.74) is 0.624. The third kappa shape index (κ3) is 3.77. The van der Waals surface area contributed by atoms with Gasteiger partial charge in [-0.05, 0) is 18.2 Å². The number of halogens is 3. The Kier molecular flexibility index (Phi) is 4.62. The van der Waals surface area contributed by atoms with Crippen molar-refractivity contribution in [3.8, 4) is 5.75 Å². The van der Waals surface area contributed by atoms with Crippen LogP contribution in [0.5, 0.6) is 5.75 Å². The van der Waals surface area contributed by atoms with Gasteiger partial charge in [-0.1, -0.05) is 34.8 Å². The van der Waals surface area contributed by atoms with Crippen LogP contribution in [-0.4, -0.2) is 23.1 Å². The number of carbonyl (C=O) groups excluding carboxylic acids is 2. The standard InChI is InChI=1S/C10H8Cl3NO3/c1-17-8-3-2-6(5-15)4-7(8)14-9(16)10(11,12)13/h2-5H,1H3,(H,14,16). The summed E-state index contributed by atoms with van der Waals surface area (Å²) in [6, 6.07) is 4.48. The molecule has 4 nitrogen and oxygen atoms in total. The monoisotopic (exact) mass is 295 g/mol. The van der Waals surface area contributed by atoms with Gasteiger partial charge in [0.2, 0.25) is 0 Å². The molecule has 1 N–H and O–H groups in total. The minimum absolute atomic E-state index is 0.258. The molecule has 0 spiro atoms. The lowest BCUT2D eigenvalue weighted by Gasteiger charge is -2.14. The van der Waals surface area contributed by atoms with Crippen LogP contribution in [0.2, 0.25) is 0 Å². The summed E-state index contributed by atoms with van der Waals surface area (Å²) >= 11 is 16.2. The van der Waals surface area contributed by atoms with E-state index in [9.17, 15) is 9.59 Å². The maximum atomic E-state index is 11.5. The van der Waals surface area contributed by atoms with E-state index in [4.69, 9.17) is 39.5 Å². The smallest absolute Gasteiger partial charge is 0.276 e. The lowest BCUT2D eigenvalue weighted by Crippen LogP contribution is -2.27. The third-order valence-electron chi connectivity index (χ3n) is 1.87. The fraction of sp³-hybridized carbons (Fsp3) is 0.200. The predicted molar refractivity (Wildman–Crippen MR) is 67.3 cm³/mol. The number of ether oxygens (including phenoxy) is 1. The maximum absolute atomic E-state index is 11.5. The molecule has 7 heteroatoms. The van der Waals surface area contributed by atoms with Crippen molar-refractivity contribution < 1.29 is 14.3 Å². The summed E-state index contributed by atoms with van der Waals surface area (Å²) in [5, 5.41) is 2.36. The molecule has 1 amide bonds. The SMILES string of the molecule is COc1ccc(C=O)cc1NC(=O)C(Cl)(Cl)Cl. The summed E-state index contributed by atoms with van der Waals surface area (Å²) < 4.78 is 2.92. The second-order valence-corrected chi connectivity index (χ2v) is 5.31. The molecule has 0 saturated heterocycles. The summed E-state index contributed by atoms with van der Waals surface area (Å²) in [6.07, 6.45) is 0.629. The first-order valence-corrected chi connectivity index (χ1v) is 5.53. The number of aldehydes is 1.